The van der Waals surface area contributed by atoms with Crippen LogP contribution in [0, 0.1) is 46.3 Å². The van der Waals surface area contributed by atoms with Crippen molar-refractivity contribution < 1.29 is 13.2 Å². The average Bonchev–Trinajstić information content (AvgIpc) is 3.36. The number of fused-ring (bicyclic) bond motifs is 3. The van der Waals surface area contributed by atoms with Crippen LogP contribution in [0.15, 0.2) is 0 Å². The summed E-state index contributed by atoms with van der Waals surface area (Å²) < 4.78 is 40.0. The van der Waals surface area contributed by atoms with Crippen LogP contribution < -0.4 is 0 Å². The standard InChI is InChI=1S/C25H41F3/c1-4-14-23(2)19(16-25(26,27)28)9-11-20-21-12-10-18(8-7-17-5-6-17)24(21,3)15-13-22(20)23/h17-22H,4-16H2,1-3H3/t18?,19?,20-,21?,22?,23?,24?/m0/s1. The first-order valence-electron chi connectivity index (χ1n) is 12.2. The van der Waals surface area contributed by atoms with Gasteiger partial charge in [-0.05, 0) is 97.7 Å². The fourth-order valence-electron chi connectivity index (χ4n) is 8.50. The summed E-state index contributed by atoms with van der Waals surface area (Å²) in [4.78, 5) is 0. The molecular weight excluding hydrogens is 357 g/mol. The van der Waals surface area contributed by atoms with E-state index in [1.807, 2.05) is 0 Å². The van der Waals surface area contributed by atoms with Crippen molar-refractivity contribution >= 4 is 0 Å². The van der Waals surface area contributed by atoms with Crippen molar-refractivity contribution in [1.29, 1.82) is 0 Å². The van der Waals surface area contributed by atoms with Crippen molar-refractivity contribution in [2.45, 2.75) is 110 Å². The van der Waals surface area contributed by atoms with Crippen molar-refractivity contribution in [1.82, 2.24) is 0 Å². The highest BCUT2D eigenvalue weighted by Gasteiger charge is 2.59. The summed E-state index contributed by atoms with van der Waals surface area (Å²) in [5, 5.41) is 0. The Morgan fingerprint density at radius 3 is 2.18 bits per heavy atom. The lowest BCUT2D eigenvalue weighted by Gasteiger charge is -2.59. The Morgan fingerprint density at radius 2 is 1.54 bits per heavy atom. The van der Waals surface area contributed by atoms with E-state index in [0.29, 0.717) is 17.3 Å². The summed E-state index contributed by atoms with van der Waals surface area (Å²) >= 11 is 0. The van der Waals surface area contributed by atoms with Crippen LogP contribution in [0.5, 0.6) is 0 Å². The minimum Gasteiger partial charge on any atom is -0.171 e. The molecule has 4 fully saturated rings. The predicted octanol–water partition coefficient (Wildman–Crippen LogP) is 8.40. The molecular formula is C25H41F3. The van der Waals surface area contributed by atoms with Gasteiger partial charge in [0.05, 0.1) is 0 Å². The lowest BCUT2D eigenvalue weighted by Crippen LogP contribution is -2.52. The second-order valence-corrected chi connectivity index (χ2v) is 11.6. The number of halogens is 3. The molecule has 7 atom stereocenters. The first-order valence-corrected chi connectivity index (χ1v) is 12.2. The molecule has 4 aliphatic carbocycles. The van der Waals surface area contributed by atoms with E-state index in [9.17, 15) is 13.2 Å². The van der Waals surface area contributed by atoms with Gasteiger partial charge >= 0.3 is 6.18 Å². The molecule has 0 aromatic rings. The lowest BCUT2D eigenvalue weighted by atomic mass is 9.46. The van der Waals surface area contributed by atoms with Crippen LogP contribution in [0.25, 0.3) is 0 Å². The SMILES string of the molecule is CCCC1(C)C(CC(F)(F)F)CC[C@H]2C3CCC(CCC4CC4)C3(C)CCC21. The molecule has 0 radical (unpaired) electrons. The molecule has 0 nitrogen and oxygen atoms in total. The van der Waals surface area contributed by atoms with E-state index < -0.39 is 12.6 Å². The molecule has 0 aromatic carbocycles. The van der Waals surface area contributed by atoms with Crippen LogP contribution in [0.2, 0.25) is 0 Å². The van der Waals surface area contributed by atoms with Crippen molar-refractivity contribution in [3.05, 3.63) is 0 Å². The number of hydrogen-bond acceptors (Lipinski definition) is 0. The van der Waals surface area contributed by atoms with Gasteiger partial charge in [0.1, 0.15) is 0 Å². The van der Waals surface area contributed by atoms with Crippen molar-refractivity contribution in [3.8, 4) is 0 Å². The third-order valence-corrected chi connectivity index (χ3v) is 10.1. The molecule has 0 bridgehead atoms. The molecule has 0 amide bonds. The summed E-state index contributed by atoms with van der Waals surface area (Å²) in [6, 6.07) is 0. The molecule has 162 valence electrons. The first-order chi connectivity index (χ1) is 13.2. The van der Waals surface area contributed by atoms with E-state index >= 15 is 0 Å². The molecule has 0 saturated heterocycles. The van der Waals surface area contributed by atoms with Gasteiger partial charge in [-0.3, -0.25) is 0 Å². The van der Waals surface area contributed by atoms with Gasteiger partial charge in [-0.2, -0.15) is 13.2 Å². The Hall–Kier alpha value is -0.210. The predicted molar refractivity (Wildman–Crippen MR) is 109 cm³/mol. The van der Waals surface area contributed by atoms with E-state index in [1.54, 1.807) is 0 Å². The molecule has 28 heavy (non-hydrogen) atoms. The molecule has 0 spiro atoms. The Morgan fingerprint density at radius 1 is 0.821 bits per heavy atom. The molecule has 0 aliphatic heterocycles. The number of hydrogen-bond donors (Lipinski definition) is 0. The maximum atomic E-state index is 13.3. The highest BCUT2D eigenvalue weighted by molar-refractivity contribution is 5.08. The summed E-state index contributed by atoms with van der Waals surface area (Å²) in [5.41, 5.74) is 0.362. The third kappa shape index (κ3) is 3.78. The summed E-state index contributed by atoms with van der Waals surface area (Å²) in [6.45, 7) is 6.97. The van der Waals surface area contributed by atoms with Gasteiger partial charge in [-0.15, -0.1) is 0 Å². The number of alkyl halides is 3. The minimum atomic E-state index is -4.02. The van der Waals surface area contributed by atoms with Crippen LogP contribution in [-0.2, 0) is 0 Å². The van der Waals surface area contributed by atoms with E-state index in [0.717, 1.165) is 43.4 Å². The number of rotatable bonds is 6. The van der Waals surface area contributed by atoms with Crippen LogP contribution in [0.3, 0.4) is 0 Å². The molecule has 6 unspecified atom stereocenters. The fraction of sp³-hybridized carbons (Fsp3) is 1.00. The summed E-state index contributed by atoms with van der Waals surface area (Å²) in [5.74, 6) is 3.72. The van der Waals surface area contributed by atoms with Crippen molar-refractivity contribution in [2.75, 3.05) is 0 Å². The fourth-order valence-corrected chi connectivity index (χ4v) is 8.50. The van der Waals surface area contributed by atoms with E-state index in [2.05, 4.69) is 20.8 Å². The second-order valence-electron chi connectivity index (χ2n) is 11.6. The van der Waals surface area contributed by atoms with E-state index in [4.69, 9.17) is 0 Å². The van der Waals surface area contributed by atoms with Gasteiger partial charge in [0.15, 0.2) is 0 Å². The quantitative estimate of drug-likeness (QED) is 0.421. The molecule has 0 N–H and O–H groups in total. The zero-order valence-electron chi connectivity index (χ0n) is 18.3. The Kier molecular flexibility index (Phi) is 5.62. The Bertz CT molecular complexity index is 550. The van der Waals surface area contributed by atoms with Crippen LogP contribution in [-0.4, -0.2) is 6.18 Å². The van der Waals surface area contributed by atoms with Gasteiger partial charge in [0.25, 0.3) is 0 Å². The van der Waals surface area contributed by atoms with Crippen molar-refractivity contribution in [2.24, 2.45) is 46.3 Å². The normalized spacial score (nSPS) is 46.3. The Labute approximate surface area is 170 Å². The maximum absolute atomic E-state index is 13.3. The largest absolute Gasteiger partial charge is 0.389 e. The van der Waals surface area contributed by atoms with E-state index in [1.165, 1.54) is 51.4 Å². The lowest BCUT2D eigenvalue weighted by molar-refractivity contribution is -0.177. The monoisotopic (exact) mass is 398 g/mol. The molecule has 0 aromatic heterocycles. The van der Waals surface area contributed by atoms with Crippen LogP contribution in [0.4, 0.5) is 13.2 Å². The smallest absolute Gasteiger partial charge is 0.171 e. The molecule has 4 aliphatic rings. The minimum absolute atomic E-state index is 0.111. The zero-order valence-corrected chi connectivity index (χ0v) is 18.3. The zero-order chi connectivity index (χ0) is 20.2. The van der Waals surface area contributed by atoms with E-state index in [-0.39, 0.29) is 11.3 Å². The maximum Gasteiger partial charge on any atom is 0.389 e. The van der Waals surface area contributed by atoms with Gasteiger partial charge < -0.3 is 0 Å². The highest BCUT2D eigenvalue weighted by atomic mass is 19.4. The van der Waals surface area contributed by atoms with Gasteiger partial charge in [0.2, 0.25) is 0 Å². The Balaban J connectivity index is 1.52. The second kappa shape index (κ2) is 7.49. The summed E-state index contributed by atoms with van der Waals surface area (Å²) in [7, 11) is 0. The van der Waals surface area contributed by atoms with Gasteiger partial charge in [0, 0.05) is 6.42 Å². The molecule has 4 rings (SSSR count). The third-order valence-electron chi connectivity index (χ3n) is 10.1. The van der Waals surface area contributed by atoms with Crippen LogP contribution in [0.1, 0.15) is 104 Å². The van der Waals surface area contributed by atoms with Gasteiger partial charge in [-0.25, -0.2) is 0 Å². The van der Waals surface area contributed by atoms with Crippen LogP contribution >= 0.6 is 0 Å². The van der Waals surface area contributed by atoms with Gasteiger partial charge in [-0.1, -0.05) is 46.5 Å². The first kappa shape index (κ1) is 21.0. The highest BCUT2D eigenvalue weighted by Crippen LogP contribution is 2.67. The molecule has 4 saturated carbocycles. The average molecular weight is 399 g/mol. The molecule has 0 heterocycles. The summed E-state index contributed by atoms with van der Waals surface area (Å²) in [6.07, 6.45) is 10.2. The topological polar surface area (TPSA) is 0 Å². The van der Waals surface area contributed by atoms with Crippen molar-refractivity contribution in [3.63, 3.8) is 0 Å². The molecule has 3 heteroatoms.